The quantitative estimate of drug-likeness (QED) is 0.668. The predicted molar refractivity (Wildman–Crippen MR) is 74.8 cm³/mol. The van der Waals surface area contributed by atoms with Gasteiger partial charge in [-0.2, -0.15) is 0 Å². The van der Waals surface area contributed by atoms with E-state index in [1.807, 2.05) is 48.7 Å². The van der Waals surface area contributed by atoms with Crippen molar-refractivity contribution < 1.29 is 4.74 Å². The van der Waals surface area contributed by atoms with E-state index in [0.29, 0.717) is 0 Å². The van der Waals surface area contributed by atoms with Crippen LogP contribution in [0.25, 0.3) is 16.6 Å². The summed E-state index contributed by atoms with van der Waals surface area (Å²) in [6.07, 6.45) is 2.02. The molecule has 0 bridgehead atoms. The number of methoxy groups -OCH3 is 1. The molecule has 0 aliphatic heterocycles. The minimum Gasteiger partial charge on any atom is -0.497 e. The Labute approximate surface area is 110 Å². The summed E-state index contributed by atoms with van der Waals surface area (Å²) in [5.74, 6) is 0.861. The van der Waals surface area contributed by atoms with Gasteiger partial charge < -0.3 is 9.30 Å². The lowest BCUT2D eigenvalue weighted by Crippen LogP contribution is -1.92. The van der Waals surface area contributed by atoms with Crippen molar-refractivity contribution in [1.29, 1.82) is 0 Å². The molecule has 3 heteroatoms. The van der Waals surface area contributed by atoms with E-state index >= 15 is 0 Å². The van der Waals surface area contributed by atoms with E-state index in [9.17, 15) is 0 Å². The topological polar surface area (TPSA) is 14.2 Å². The highest BCUT2D eigenvalue weighted by atomic mass is 35.5. The third kappa shape index (κ3) is 1.75. The molecule has 0 aliphatic rings. The van der Waals surface area contributed by atoms with Gasteiger partial charge in [0.05, 0.1) is 23.3 Å². The smallest absolute Gasteiger partial charge is 0.119 e. The van der Waals surface area contributed by atoms with Gasteiger partial charge in [-0.25, -0.2) is 0 Å². The second kappa shape index (κ2) is 4.39. The third-order valence-electron chi connectivity index (χ3n) is 3.01. The number of nitrogens with zero attached hydrogens (tertiary/aromatic N) is 1. The summed E-state index contributed by atoms with van der Waals surface area (Å²) in [4.78, 5) is 0. The van der Waals surface area contributed by atoms with Crippen LogP contribution < -0.4 is 4.74 Å². The molecule has 0 saturated carbocycles. The third-order valence-corrected chi connectivity index (χ3v) is 3.33. The number of rotatable bonds is 2. The molecule has 3 rings (SSSR count). The maximum absolute atomic E-state index is 6.23. The van der Waals surface area contributed by atoms with Crippen molar-refractivity contribution >= 4 is 22.5 Å². The van der Waals surface area contributed by atoms with E-state index < -0.39 is 0 Å². The van der Waals surface area contributed by atoms with Gasteiger partial charge in [0.25, 0.3) is 0 Å². The summed E-state index contributed by atoms with van der Waals surface area (Å²) in [6.45, 7) is 0. The molecule has 0 unspecified atom stereocenters. The number of hydrogen-bond donors (Lipinski definition) is 0. The number of hydrogen-bond acceptors (Lipinski definition) is 1. The number of halogens is 1. The summed E-state index contributed by atoms with van der Waals surface area (Å²) in [5, 5.41) is 1.88. The van der Waals surface area contributed by atoms with Crippen molar-refractivity contribution in [2.45, 2.75) is 0 Å². The molecule has 0 atom stereocenters. The van der Waals surface area contributed by atoms with Gasteiger partial charge >= 0.3 is 0 Å². The van der Waals surface area contributed by atoms with Crippen molar-refractivity contribution in [2.24, 2.45) is 0 Å². The summed E-state index contributed by atoms with van der Waals surface area (Å²) in [7, 11) is 1.67. The fourth-order valence-electron chi connectivity index (χ4n) is 2.10. The molecule has 0 N–H and O–H groups in total. The van der Waals surface area contributed by atoms with Gasteiger partial charge in [-0.1, -0.05) is 23.7 Å². The van der Waals surface area contributed by atoms with Crippen LogP contribution >= 0.6 is 11.6 Å². The molecule has 0 radical (unpaired) electrons. The van der Waals surface area contributed by atoms with Gasteiger partial charge in [0, 0.05) is 11.6 Å². The molecule has 0 spiro atoms. The molecule has 18 heavy (non-hydrogen) atoms. The van der Waals surface area contributed by atoms with Crippen molar-refractivity contribution in [3.05, 3.63) is 59.8 Å². The molecule has 2 aromatic carbocycles. The first-order valence-electron chi connectivity index (χ1n) is 5.69. The number of fused-ring (bicyclic) bond motifs is 1. The minimum atomic E-state index is 0.741. The zero-order valence-electron chi connectivity index (χ0n) is 9.93. The van der Waals surface area contributed by atoms with Crippen molar-refractivity contribution in [3.8, 4) is 11.4 Å². The molecule has 0 saturated heterocycles. The molecule has 0 aliphatic carbocycles. The first-order chi connectivity index (χ1) is 8.79. The van der Waals surface area contributed by atoms with Crippen LogP contribution in [0.15, 0.2) is 54.7 Å². The first-order valence-corrected chi connectivity index (χ1v) is 6.07. The lowest BCUT2D eigenvalue weighted by molar-refractivity contribution is 0.415. The van der Waals surface area contributed by atoms with Crippen LogP contribution in [0.5, 0.6) is 5.75 Å². The van der Waals surface area contributed by atoms with E-state index in [2.05, 4.69) is 10.6 Å². The van der Waals surface area contributed by atoms with E-state index in [-0.39, 0.29) is 0 Å². The minimum absolute atomic E-state index is 0.741. The maximum atomic E-state index is 6.23. The molecule has 1 heterocycles. The largest absolute Gasteiger partial charge is 0.497 e. The predicted octanol–water partition coefficient (Wildman–Crippen LogP) is 4.29. The van der Waals surface area contributed by atoms with Gasteiger partial charge in [-0.15, -0.1) is 0 Å². The van der Waals surface area contributed by atoms with Crippen LogP contribution in [0.2, 0.25) is 5.02 Å². The second-order valence-corrected chi connectivity index (χ2v) is 4.47. The molecule has 0 fully saturated rings. The molecule has 0 amide bonds. The number of ether oxygens (including phenoxy) is 1. The highest BCUT2D eigenvalue weighted by molar-refractivity contribution is 6.32. The fourth-order valence-corrected chi connectivity index (χ4v) is 2.33. The average Bonchev–Trinajstić information content (AvgIpc) is 2.82. The lowest BCUT2D eigenvalue weighted by Gasteiger charge is -2.08. The normalized spacial score (nSPS) is 10.8. The van der Waals surface area contributed by atoms with Crippen LogP contribution in [-0.2, 0) is 0 Å². The second-order valence-electron chi connectivity index (χ2n) is 4.06. The highest BCUT2D eigenvalue weighted by Crippen LogP contribution is 2.27. The molecular weight excluding hydrogens is 246 g/mol. The monoisotopic (exact) mass is 257 g/mol. The van der Waals surface area contributed by atoms with Gasteiger partial charge in [-0.3, -0.25) is 0 Å². The van der Waals surface area contributed by atoms with Crippen LogP contribution in [0.3, 0.4) is 0 Å². The first kappa shape index (κ1) is 11.2. The van der Waals surface area contributed by atoms with Crippen LogP contribution in [-0.4, -0.2) is 11.7 Å². The Hall–Kier alpha value is -1.93. The standard InChI is InChI=1S/C15H12ClNO/c1-18-12-6-7-14-11(10-12)8-9-17(14)15-5-3-2-4-13(15)16/h2-10H,1H3. The summed E-state index contributed by atoms with van der Waals surface area (Å²) < 4.78 is 7.31. The molecule has 2 nitrogen and oxygen atoms in total. The van der Waals surface area contributed by atoms with Crippen LogP contribution in [0.1, 0.15) is 0 Å². The van der Waals surface area contributed by atoms with Gasteiger partial charge in [-0.05, 0) is 36.4 Å². The summed E-state index contributed by atoms with van der Waals surface area (Å²) in [6, 6.07) is 15.9. The highest BCUT2D eigenvalue weighted by Gasteiger charge is 2.06. The summed E-state index contributed by atoms with van der Waals surface area (Å²) in [5.41, 5.74) is 2.10. The number of para-hydroxylation sites is 1. The number of benzene rings is 2. The molecule has 3 aromatic rings. The maximum Gasteiger partial charge on any atom is 0.119 e. The SMILES string of the molecule is COc1ccc2c(ccn2-c2ccccc2Cl)c1. The van der Waals surface area contributed by atoms with Gasteiger partial charge in [0.15, 0.2) is 0 Å². The molecule has 90 valence electrons. The van der Waals surface area contributed by atoms with Gasteiger partial charge in [0.2, 0.25) is 0 Å². The van der Waals surface area contributed by atoms with E-state index in [4.69, 9.17) is 16.3 Å². The zero-order valence-corrected chi connectivity index (χ0v) is 10.7. The van der Waals surface area contributed by atoms with Gasteiger partial charge in [0.1, 0.15) is 5.75 Å². The number of aromatic nitrogens is 1. The van der Waals surface area contributed by atoms with Crippen molar-refractivity contribution in [2.75, 3.05) is 7.11 Å². The molecular formula is C15H12ClNO. The Bertz CT molecular complexity index is 703. The Morgan fingerprint density at radius 2 is 1.89 bits per heavy atom. The van der Waals surface area contributed by atoms with E-state index in [0.717, 1.165) is 27.4 Å². The summed E-state index contributed by atoms with van der Waals surface area (Å²) >= 11 is 6.23. The fraction of sp³-hybridized carbons (Fsp3) is 0.0667. The average molecular weight is 258 g/mol. The Morgan fingerprint density at radius 1 is 1.06 bits per heavy atom. The van der Waals surface area contributed by atoms with E-state index in [1.54, 1.807) is 7.11 Å². The van der Waals surface area contributed by atoms with Crippen molar-refractivity contribution in [3.63, 3.8) is 0 Å². The van der Waals surface area contributed by atoms with E-state index in [1.165, 1.54) is 0 Å². The van der Waals surface area contributed by atoms with Crippen LogP contribution in [0, 0.1) is 0 Å². The lowest BCUT2D eigenvalue weighted by atomic mass is 10.2. The molecule has 1 aromatic heterocycles. The Kier molecular flexibility index (Phi) is 2.73. The zero-order chi connectivity index (χ0) is 12.5. The van der Waals surface area contributed by atoms with Crippen molar-refractivity contribution in [1.82, 2.24) is 4.57 Å². The Morgan fingerprint density at radius 3 is 2.67 bits per heavy atom. The van der Waals surface area contributed by atoms with Crippen LogP contribution in [0.4, 0.5) is 0 Å². The Balaban J connectivity index is 2.22.